The van der Waals surface area contributed by atoms with Gasteiger partial charge in [-0.05, 0) is 30.2 Å². The number of halogens is 3. The molecule has 25 heavy (non-hydrogen) atoms. The quantitative estimate of drug-likeness (QED) is 0.475. The lowest BCUT2D eigenvalue weighted by Crippen LogP contribution is -2.02. The number of rotatable bonds is 5. The lowest BCUT2D eigenvalue weighted by Gasteiger charge is -2.12. The van der Waals surface area contributed by atoms with E-state index in [0.29, 0.717) is 32.0 Å². The van der Waals surface area contributed by atoms with E-state index in [2.05, 4.69) is 0 Å². The Morgan fingerprint density at radius 3 is 2.44 bits per heavy atom. The van der Waals surface area contributed by atoms with E-state index in [1.807, 2.05) is 6.92 Å². The maximum atomic E-state index is 11.8. The van der Waals surface area contributed by atoms with Gasteiger partial charge in [-0.1, -0.05) is 54.2 Å². The van der Waals surface area contributed by atoms with E-state index in [-0.39, 0.29) is 6.61 Å². The van der Waals surface area contributed by atoms with Crippen LogP contribution in [0.25, 0.3) is 11.0 Å². The standard InChI is InChI=1S/C19H15Cl3O3/c1-2-4-11-7-19(23)25-17-9-18(16(22)8-12(11)17)24-10-13-14(20)5-3-6-15(13)21/h3,5-9H,2,4,10H2,1H3. The molecule has 1 aromatic heterocycles. The van der Waals surface area contributed by atoms with Crippen molar-refractivity contribution in [1.82, 2.24) is 0 Å². The summed E-state index contributed by atoms with van der Waals surface area (Å²) < 4.78 is 11.1. The molecule has 0 aliphatic carbocycles. The molecule has 0 saturated heterocycles. The van der Waals surface area contributed by atoms with Crippen LogP contribution in [0.2, 0.25) is 15.1 Å². The van der Waals surface area contributed by atoms with Crippen molar-refractivity contribution >= 4 is 45.8 Å². The van der Waals surface area contributed by atoms with Crippen LogP contribution in [0, 0.1) is 0 Å². The molecule has 0 N–H and O–H groups in total. The van der Waals surface area contributed by atoms with Gasteiger partial charge in [-0.3, -0.25) is 0 Å². The Labute approximate surface area is 160 Å². The average molecular weight is 398 g/mol. The number of fused-ring (bicyclic) bond motifs is 1. The Morgan fingerprint density at radius 2 is 1.76 bits per heavy atom. The second kappa shape index (κ2) is 7.69. The van der Waals surface area contributed by atoms with Crippen LogP contribution in [0.1, 0.15) is 24.5 Å². The number of hydrogen-bond acceptors (Lipinski definition) is 3. The van der Waals surface area contributed by atoms with Crippen molar-refractivity contribution in [2.75, 3.05) is 0 Å². The highest BCUT2D eigenvalue weighted by molar-refractivity contribution is 6.36. The SMILES string of the molecule is CCCc1cc(=O)oc2cc(OCc3c(Cl)cccc3Cl)c(Cl)cc12. The molecule has 130 valence electrons. The van der Waals surface area contributed by atoms with E-state index in [0.717, 1.165) is 23.8 Å². The van der Waals surface area contributed by atoms with Gasteiger partial charge >= 0.3 is 5.63 Å². The summed E-state index contributed by atoms with van der Waals surface area (Å²) >= 11 is 18.6. The molecule has 0 radical (unpaired) electrons. The van der Waals surface area contributed by atoms with Crippen molar-refractivity contribution in [3.63, 3.8) is 0 Å². The average Bonchev–Trinajstić information content (AvgIpc) is 2.55. The molecule has 0 amide bonds. The highest BCUT2D eigenvalue weighted by Crippen LogP contribution is 2.33. The summed E-state index contributed by atoms with van der Waals surface area (Å²) in [6, 6.07) is 10.1. The zero-order chi connectivity index (χ0) is 18.0. The Morgan fingerprint density at radius 1 is 1.04 bits per heavy atom. The molecule has 0 aliphatic heterocycles. The van der Waals surface area contributed by atoms with Gasteiger partial charge in [0.2, 0.25) is 0 Å². The number of aryl methyl sites for hydroxylation is 1. The van der Waals surface area contributed by atoms with Crippen molar-refractivity contribution in [2.45, 2.75) is 26.4 Å². The van der Waals surface area contributed by atoms with Crippen LogP contribution in [-0.4, -0.2) is 0 Å². The Balaban J connectivity index is 1.97. The lowest BCUT2D eigenvalue weighted by molar-refractivity contribution is 0.306. The number of ether oxygens (including phenoxy) is 1. The van der Waals surface area contributed by atoms with Crippen LogP contribution in [0.5, 0.6) is 5.75 Å². The summed E-state index contributed by atoms with van der Waals surface area (Å²) in [7, 11) is 0. The van der Waals surface area contributed by atoms with Gasteiger partial charge in [-0.15, -0.1) is 0 Å². The van der Waals surface area contributed by atoms with E-state index < -0.39 is 5.63 Å². The van der Waals surface area contributed by atoms with Crippen LogP contribution in [0.3, 0.4) is 0 Å². The van der Waals surface area contributed by atoms with Crippen molar-refractivity contribution < 1.29 is 9.15 Å². The summed E-state index contributed by atoms with van der Waals surface area (Å²) in [5, 5.41) is 2.28. The Hall–Kier alpha value is -1.68. The topological polar surface area (TPSA) is 39.4 Å². The normalized spacial score (nSPS) is 11.0. The molecule has 6 heteroatoms. The zero-order valence-electron chi connectivity index (χ0n) is 13.4. The van der Waals surface area contributed by atoms with E-state index in [9.17, 15) is 4.79 Å². The van der Waals surface area contributed by atoms with Crippen molar-refractivity contribution in [3.05, 3.63) is 73.0 Å². The largest absolute Gasteiger partial charge is 0.487 e. The lowest BCUT2D eigenvalue weighted by atomic mass is 10.1. The molecule has 0 unspecified atom stereocenters. The van der Waals surface area contributed by atoms with Gasteiger partial charge in [-0.25, -0.2) is 4.79 Å². The molecule has 1 heterocycles. The predicted octanol–water partition coefficient (Wildman–Crippen LogP) is 6.28. The van der Waals surface area contributed by atoms with Gasteiger partial charge in [0.25, 0.3) is 0 Å². The van der Waals surface area contributed by atoms with E-state index in [4.69, 9.17) is 44.0 Å². The fourth-order valence-electron chi connectivity index (χ4n) is 2.63. The van der Waals surface area contributed by atoms with Crippen molar-refractivity contribution in [1.29, 1.82) is 0 Å². The van der Waals surface area contributed by atoms with E-state index in [1.54, 1.807) is 30.3 Å². The Kier molecular flexibility index (Phi) is 5.57. The number of hydrogen-bond donors (Lipinski definition) is 0. The smallest absolute Gasteiger partial charge is 0.336 e. The molecule has 3 nitrogen and oxygen atoms in total. The van der Waals surface area contributed by atoms with Crippen molar-refractivity contribution in [3.8, 4) is 5.75 Å². The molecular weight excluding hydrogens is 383 g/mol. The Bertz CT molecular complexity index is 959. The molecule has 0 fully saturated rings. The molecule has 2 aromatic carbocycles. The van der Waals surface area contributed by atoms with Gasteiger partial charge in [0, 0.05) is 33.1 Å². The molecule has 0 spiro atoms. The van der Waals surface area contributed by atoms with Gasteiger partial charge in [0.15, 0.2) is 0 Å². The molecule has 0 aliphatic rings. The van der Waals surface area contributed by atoms with Crippen LogP contribution >= 0.6 is 34.8 Å². The molecule has 0 saturated carbocycles. The number of benzene rings is 2. The summed E-state index contributed by atoms with van der Waals surface area (Å²) in [5.74, 6) is 0.405. The first-order chi connectivity index (χ1) is 12.0. The highest BCUT2D eigenvalue weighted by Gasteiger charge is 2.12. The van der Waals surface area contributed by atoms with E-state index in [1.165, 1.54) is 6.07 Å². The third-order valence-electron chi connectivity index (χ3n) is 3.84. The van der Waals surface area contributed by atoms with Gasteiger partial charge < -0.3 is 9.15 Å². The fourth-order valence-corrected chi connectivity index (χ4v) is 3.36. The minimum Gasteiger partial charge on any atom is -0.487 e. The first-order valence-electron chi connectivity index (χ1n) is 7.81. The van der Waals surface area contributed by atoms with Gasteiger partial charge in [-0.2, -0.15) is 0 Å². The first-order valence-corrected chi connectivity index (χ1v) is 8.95. The molecule has 0 bridgehead atoms. The van der Waals surface area contributed by atoms with Gasteiger partial charge in [0.05, 0.1) is 5.02 Å². The monoisotopic (exact) mass is 396 g/mol. The second-order valence-corrected chi connectivity index (χ2v) is 6.83. The van der Waals surface area contributed by atoms with Gasteiger partial charge in [0.1, 0.15) is 17.9 Å². The fraction of sp³-hybridized carbons (Fsp3) is 0.211. The zero-order valence-corrected chi connectivity index (χ0v) is 15.7. The maximum Gasteiger partial charge on any atom is 0.336 e. The third-order valence-corrected chi connectivity index (χ3v) is 4.84. The maximum absolute atomic E-state index is 11.8. The van der Waals surface area contributed by atoms with Crippen LogP contribution in [-0.2, 0) is 13.0 Å². The molecular formula is C19H15Cl3O3. The predicted molar refractivity (Wildman–Crippen MR) is 102 cm³/mol. The van der Waals surface area contributed by atoms with E-state index >= 15 is 0 Å². The van der Waals surface area contributed by atoms with Crippen LogP contribution in [0.4, 0.5) is 0 Å². The molecule has 3 rings (SSSR count). The minimum atomic E-state index is -0.390. The molecule has 3 aromatic rings. The van der Waals surface area contributed by atoms with Crippen molar-refractivity contribution in [2.24, 2.45) is 0 Å². The summed E-state index contributed by atoms with van der Waals surface area (Å²) in [6.45, 7) is 2.20. The summed E-state index contributed by atoms with van der Waals surface area (Å²) in [5.41, 5.74) is 1.64. The third kappa shape index (κ3) is 3.95. The molecule has 0 atom stereocenters. The van der Waals surface area contributed by atoms with Crippen LogP contribution in [0.15, 0.2) is 45.6 Å². The minimum absolute atomic E-state index is 0.155. The summed E-state index contributed by atoms with van der Waals surface area (Å²) in [6.07, 6.45) is 1.69. The van der Waals surface area contributed by atoms with Crippen LogP contribution < -0.4 is 10.4 Å². The summed E-state index contributed by atoms with van der Waals surface area (Å²) in [4.78, 5) is 11.8. The second-order valence-electron chi connectivity index (χ2n) is 5.61. The first kappa shape index (κ1) is 18.1. The highest BCUT2D eigenvalue weighted by atomic mass is 35.5.